The average molecular weight is 581 g/mol. The van der Waals surface area contributed by atoms with Crippen molar-refractivity contribution >= 4 is 23.6 Å². The number of carbonyl (C=O) groups excluding carboxylic acids is 4. The van der Waals surface area contributed by atoms with E-state index in [-0.39, 0.29) is 56.0 Å². The fourth-order valence-corrected chi connectivity index (χ4v) is 4.73. The van der Waals surface area contributed by atoms with E-state index in [0.717, 1.165) is 16.9 Å². The van der Waals surface area contributed by atoms with Crippen molar-refractivity contribution in [2.75, 3.05) is 33.4 Å². The van der Waals surface area contributed by atoms with Crippen LogP contribution in [0.2, 0.25) is 0 Å². The zero-order valence-electron chi connectivity index (χ0n) is 25.5. The first-order chi connectivity index (χ1) is 20.0. The molecule has 228 valence electrons. The van der Waals surface area contributed by atoms with Gasteiger partial charge in [-0.05, 0) is 54.5 Å². The van der Waals surface area contributed by atoms with Crippen LogP contribution in [0.3, 0.4) is 0 Å². The first-order valence-corrected chi connectivity index (χ1v) is 14.5. The third-order valence-corrected chi connectivity index (χ3v) is 6.99. The van der Waals surface area contributed by atoms with E-state index in [4.69, 9.17) is 9.47 Å². The zero-order valence-corrected chi connectivity index (χ0v) is 25.5. The lowest BCUT2D eigenvalue weighted by atomic mass is 10.0. The molecule has 1 aliphatic heterocycles. The van der Waals surface area contributed by atoms with Gasteiger partial charge < -0.3 is 30.3 Å². The van der Waals surface area contributed by atoms with Crippen molar-refractivity contribution in [2.24, 2.45) is 5.92 Å². The summed E-state index contributed by atoms with van der Waals surface area (Å²) in [5.41, 5.74) is 2.36. The van der Waals surface area contributed by atoms with E-state index in [1.807, 2.05) is 39.0 Å². The summed E-state index contributed by atoms with van der Waals surface area (Å²) in [4.78, 5) is 54.4. The Bertz CT molecular complexity index is 1260. The second kappa shape index (κ2) is 15.2. The van der Waals surface area contributed by atoms with Crippen LogP contribution in [0.5, 0.6) is 11.5 Å². The van der Waals surface area contributed by atoms with E-state index in [0.29, 0.717) is 12.2 Å². The van der Waals surface area contributed by atoms with E-state index in [1.54, 1.807) is 31.3 Å². The lowest BCUT2D eigenvalue weighted by Gasteiger charge is -2.27. The van der Waals surface area contributed by atoms with Crippen LogP contribution < -0.4 is 25.4 Å². The van der Waals surface area contributed by atoms with Gasteiger partial charge in [-0.15, -0.1) is 0 Å². The Labute approximate surface area is 248 Å². The predicted molar refractivity (Wildman–Crippen MR) is 161 cm³/mol. The number of nitrogens with zero attached hydrogens (tertiary/aromatic N) is 1. The third-order valence-electron chi connectivity index (χ3n) is 6.99. The largest absolute Gasteiger partial charge is 0.491 e. The van der Waals surface area contributed by atoms with Gasteiger partial charge >= 0.3 is 0 Å². The molecule has 10 heteroatoms. The molecule has 10 nitrogen and oxygen atoms in total. The Hall–Kier alpha value is -4.08. The summed E-state index contributed by atoms with van der Waals surface area (Å²) in [6.45, 7) is 10.9. The number of benzene rings is 2. The number of hydrogen-bond donors (Lipinski definition) is 3. The minimum absolute atomic E-state index is 0.137. The summed E-state index contributed by atoms with van der Waals surface area (Å²) in [7, 11) is 1.65. The Morgan fingerprint density at radius 3 is 2.55 bits per heavy atom. The van der Waals surface area contributed by atoms with Crippen LogP contribution in [-0.4, -0.2) is 74.0 Å². The van der Waals surface area contributed by atoms with Gasteiger partial charge in [-0.2, -0.15) is 0 Å². The number of fused-ring (bicyclic) bond motifs is 1. The van der Waals surface area contributed by atoms with Gasteiger partial charge in [0.05, 0.1) is 25.1 Å². The molecule has 1 aliphatic rings. The smallest absolute Gasteiger partial charge is 0.255 e. The maximum atomic E-state index is 13.3. The molecule has 0 saturated carbocycles. The molecule has 2 atom stereocenters. The van der Waals surface area contributed by atoms with Crippen molar-refractivity contribution < 1.29 is 28.7 Å². The van der Waals surface area contributed by atoms with Gasteiger partial charge in [-0.3, -0.25) is 19.2 Å². The molecule has 2 aromatic carbocycles. The fourth-order valence-electron chi connectivity index (χ4n) is 4.73. The number of aryl methyl sites for hydroxylation is 1. The summed E-state index contributed by atoms with van der Waals surface area (Å²) in [6, 6.07) is 10.7. The molecule has 2 aromatic rings. The van der Waals surface area contributed by atoms with Gasteiger partial charge in [0.15, 0.2) is 0 Å². The second-order valence-electron chi connectivity index (χ2n) is 11.4. The number of ether oxygens (including phenoxy) is 2. The maximum absolute atomic E-state index is 13.3. The zero-order chi connectivity index (χ0) is 30.8. The monoisotopic (exact) mass is 580 g/mol. The fraction of sp³-hybridized carbons (Fsp3) is 0.500. The molecule has 0 aliphatic carbocycles. The van der Waals surface area contributed by atoms with Crippen molar-refractivity contribution in [3.05, 3.63) is 59.2 Å². The normalized spacial score (nSPS) is 18.5. The molecular formula is C32H44N4O6. The number of likely N-dealkylation sites (N-methyl/N-ethyl adjacent to an activating group) is 1. The maximum Gasteiger partial charge on any atom is 0.255 e. The number of rotatable bonds is 8. The number of carbonyl (C=O) groups is 4. The molecule has 42 heavy (non-hydrogen) atoms. The van der Waals surface area contributed by atoms with Gasteiger partial charge in [0, 0.05) is 7.05 Å². The standard InChI is InChI=1S/C32H44N4O6/c1-20(2)17-26-32(40)36(6)14-16-42-27-10-8-7-9-24(27)30(38)35-25(19-29(37)34-26)31(39)33-13-15-41-28-18-22(5)11-12-23(28)21(3)4/h7-12,18,20-21,25-26H,13-17,19H2,1-6H3,(H,33,39)(H,34,37)(H,35,38)/t25-,26-/m0/s1. The highest BCUT2D eigenvalue weighted by atomic mass is 16.5. The topological polar surface area (TPSA) is 126 Å². The molecule has 3 N–H and O–H groups in total. The molecule has 0 unspecified atom stereocenters. The number of nitrogens with one attached hydrogen (secondary N) is 3. The predicted octanol–water partition coefficient (Wildman–Crippen LogP) is 3.18. The highest BCUT2D eigenvalue weighted by Crippen LogP contribution is 2.27. The molecule has 4 amide bonds. The van der Waals surface area contributed by atoms with E-state index in [1.165, 1.54) is 4.90 Å². The van der Waals surface area contributed by atoms with Gasteiger partial charge in [0.1, 0.15) is 36.8 Å². The van der Waals surface area contributed by atoms with Crippen molar-refractivity contribution in [1.82, 2.24) is 20.9 Å². The summed E-state index contributed by atoms with van der Waals surface area (Å²) in [6.07, 6.45) is 0.0823. The molecule has 0 fully saturated rings. The van der Waals surface area contributed by atoms with E-state index >= 15 is 0 Å². The molecule has 0 bridgehead atoms. The second-order valence-corrected chi connectivity index (χ2v) is 11.4. The lowest BCUT2D eigenvalue weighted by Crippen LogP contribution is -2.53. The van der Waals surface area contributed by atoms with Crippen LogP contribution in [0.4, 0.5) is 0 Å². The Morgan fingerprint density at radius 2 is 1.83 bits per heavy atom. The quantitative estimate of drug-likeness (QED) is 0.412. The van der Waals surface area contributed by atoms with Crippen LogP contribution in [-0.2, 0) is 14.4 Å². The SMILES string of the molecule is Cc1ccc(C(C)C)c(OCCNC(=O)[C@@H]2CC(=O)N[C@@H](CC(C)C)C(=O)N(C)CCOc3ccccc3C(=O)N2)c1. The van der Waals surface area contributed by atoms with E-state index < -0.39 is 29.8 Å². The average Bonchev–Trinajstić information content (AvgIpc) is 2.93. The first kappa shape index (κ1) is 32.4. The summed E-state index contributed by atoms with van der Waals surface area (Å²) >= 11 is 0. The first-order valence-electron chi connectivity index (χ1n) is 14.5. The molecule has 0 spiro atoms. The molecule has 3 rings (SSSR count). The molecule has 0 radical (unpaired) electrons. The van der Waals surface area contributed by atoms with Gasteiger partial charge in [-0.25, -0.2) is 0 Å². The van der Waals surface area contributed by atoms with Crippen molar-refractivity contribution in [3.63, 3.8) is 0 Å². The highest BCUT2D eigenvalue weighted by molar-refractivity contribution is 6.01. The van der Waals surface area contributed by atoms with Crippen LogP contribution in [0.25, 0.3) is 0 Å². The third kappa shape index (κ3) is 9.22. The Balaban J connectivity index is 1.77. The van der Waals surface area contributed by atoms with E-state index in [2.05, 4.69) is 29.8 Å². The van der Waals surface area contributed by atoms with Crippen molar-refractivity contribution in [2.45, 2.75) is 65.5 Å². The van der Waals surface area contributed by atoms with Crippen LogP contribution in [0, 0.1) is 12.8 Å². The van der Waals surface area contributed by atoms with E-state index in [9.17, 15) is 19.2 Å². The number of hydrogen-bond acceptors (Lipinski definition) is 6. The minimum Gasteiger partial charge on any atom is -0.491 e. The highest BCUT2D eigenvalue weighted by Gasteiger charge is 2.30. The molecular weight excluding hydrogens is 536 g/mol. The molecule has 0 saturated heterocycles. The summed E-state index contributed by atoms with van der Waals surface area (Å²) in [5.74, 6) is -0.354. The van der Waals surface area contributed by atoms with Crippen LogP contribution in [0.1, 0.15) is 67.9 Å². The van der Waals surface area contributed by atoms with Crippen LogP contribution >= 0.6 is 0 Å². The number of para-hydroxylation sites is 1. The number of amides is 4. The van der Waals surface area contributed by atoms with Crippen LogP contribution in [0.15, 0.2) is 42.5 Å². The van der Waals surface area contributed by atoms with Gasteiger partial charge in [0.25, 0.3) is 5.91 Å². The van der Waals surface area contributed by atoms with Crippen molar-refractivity contribution in [3.8, 4) is 11.5 Å². The summed E-state index contributed by atoms with van der Waals surface area (Å²) in [5, 5.41) is 8.26. The Morgan fingerprint density at radius 1 is 1.10 bits per heavy atom. The molecule has 1 heterocycles. The van der Waals surface area contributed by atoms with Crippen molar-refractivity contribution in [1.29, 1.82) is 0 Å². The lowest BCUT2D eigenvalue weighted by molar-refractivity contribution is -0.136. The molecule has 0 aromatic heterocycles. The van der Waals surface area contributed by atoms with Gasteiger partial charge in [0.2, 0.25) is 17.7 Å². The summed E-state index contributed by atoms with van der Waals surface area (Å²) < 4.78 is 11.8. The van der Waals surface area contributed by atoms with Gasteiger partial charge in [-0.1, -0.05) is 52.0 Å². The minimum atomic E-state index is -1.19. The Kier molecular flexibility index (Phi) is 11.8.